The molecule has 76 valence electrons. The van der Waals surface area contributed by atoms with Crippen molar-refractivity contribution in [2.24, 2.45) is 5.92 Å². The molecule has 1 saturated carbocycles. The van der Waals surface area contributed by atoms with E-state index in [2.05, 4.69) is 33.8 Å². The van der Waals surface area contributed by atoms with E-state index in [0.29, 0.717) is 0 Å². The minimum atomic E-state index is 0.884. The molecule has 2 nitrogen and oxygen atoms in total. The van der Waals surface area contributed by atoms with Gasteiger partial charge in [-0.25, -0.2) is 4.98 Å². The predicted molar refractivity (Wildman–Crippen MR) is 60.0 cm³/mol. The molecule has 1 heterocycles. The molecular weight excluding hydrogens is 184 g/mol. The lowest BCUT2D eigenvalue weighted by atomic mass is 10.2. The van der Waals surface area contributed by atoms with E-state index in [1.165, 1.54) is 24.4 Å². The molecule has 0 spiro atoms. The maximum absolute atomic E-state index is 4.44. The molecule has 0 bridgehead atoms. The van der Waals surface area contributed by atoms with E-state index in [0.717, 1.165) is 12.3 Å². The van der Waals surface area contributed by atoms with Crippen molar-refractivity contribution in [3.8, 4) is 5.69 Å². The Morgan fingerprint density at radius 3 is 2.73 bits per heavy atom. The quantitative estimate of drug-likeness (QED) is 0.741. The molecule has 1 fully saturated rings. The standard InChI is InChI=1S/C13H14N2/c1-2-4-12(5-3-1)15-9-8-14-13(15)10-11-6-7-11/h1-5,8-9,11H,6-7,10H2. The van der Waals surface area contributed by atoms with E-state index in [9.17, 15) is 0 Å². The highest BCUT2D eigenvalue weighted by atomic mass is 15.1. The molecule has 0 N–H and O–H groups in total. The van der Waals surface area contributed by atoms with Gasteiger partial charge in [0.25, 0.3) is 0 Å². The summed E-state index contributed by atoms with van der Waals surface area (Å²) in [6, 6.07) is 10.4. The first-order valence-corrected chi connectivity index (χ1v) is 5.51. The number of imidazole rings is 1. The highest BCUT2D eigenvalue weighted by molar-refractivity contribution is 5.32. The molecule has 0 unspecified atom stereocenters. The summed E-state index contributed by atoms with van der Waals surface area (Å²) < 4.78 is 2.19. The van der Waals surface area contributed by atoms with Gasteiger partial charge in [-0.15, -0.1) is 0 Å². The summed E-state index contributed by atoms with van der Waals surface area (Å²) in [4.78, 5) is 4.44. The molecule has 0 aliphatic heterocycles. The minimum Gasteiger partial charge on any atom is -0.304 e. The number of hydrogen-bond acceptors (Lipinski definition) is 1. The van der Waals surface area contributed by atoms with Crippen LogP contribution in [-0.2, 0) is 6.42 Å². The van der Waals surface area contributed by atoms with Gasteiger partial charge in [0.1, 0.15) is 5.82 Å². The van der Waals surface area contributed by atoms with Gasteiger partial charge in [-0.1, -0.05) is 18.2 Å². The second-order valence-electron chi connectivity index (χ2n) is 4.20. The Morgan fingerprint density at radius 2 is 2.00 bits per heavy atom. The maximum atomic E-state index is 4.44. The van der Waals surface area contributed by atoms with Crippen LogP contribution >= 0.6 is 0 Å². The lowest BCUT2D eigenvalue weighted by Crippen LogP contribution is -2.01. The topological polar surface area (TPSA) is 17.8 Å². The average molecular weight is 198 g/mol. The second-order valence-corrected chi connectivity index (χ2v) is 4.20. The van der Waals surface area contributed by atoms with Gasteiger partial charge in [0.15, 0.2) is 0 Å². The van der Waals surface area contributed by atoms with Crippen molar-refractivity contribution in [2.45, 2.75) is 19.3 Å². The van der Waals surface area contributed by atoms with Crippen molar-refractivity contribution >= 4 is 0 Å². The lowest BCUT2D eigenvalue weighted by molar-refractivity contribution is 0.752. The van der Waals surface area contributed by atoms with Crippen LogP contribution in [-0.4, -0.2) is 9.55 Å². The van der Waals surface area contributed by atoms with Gasteiger partial charge >= 0.3 is 0 Å². The molecule has 0 radical (unpaired) electrons. The molecule has 1 aliphatic carbocycles. The normalized spacial score (nSPS) is 15.5. The van der Waals surface area contributed by atoms with Crippen molar-refractivity contribution in [1.29, 1.82) is 0 Å². The molecule has 15 heavy (non-hydrogen) atoms. The number of para-hydroxylation sites is 1. The average Bonchev–Trinajstić information content (AvgIpc) is 2.96. The zero-order valence-corrected chi connectivity index (χ0v) is 8.63. The van der Waals surface area contributed by atoms with Gasteiger partial charge in [-0.05, 0) is 30.9 Å². The van der Waals surface area contributed by atoms with E-state index in [-0.39, 0.29) is 0 Å². The monoisotopic (exact) mass is 198 g/mol. The van der Waals surface area contributed by atoms with Gasteiger partial charge in [0.2, 0.25) is 0 Å². The Balaban J connectivity index is 1.93. The van der Waals surface area contributed by atoms with Crippen molar-refractivity contribution in [3.05, 3.63) is 48.5 Å². The Morgan fingerprint density at radius 1 is 1.20 bits per heavy atom. The van der Waals surface area contributed by atoms with E-state index < -0.39 is 0 Å². The fraction of sp³-hybridized carbons (Fsp3) is 0.308. The van der Waals surface area contributed by atoms with Crippen LogP contribution in [0.4, 0.5) is 0 Å². The zero-order valence-electron chi connectivity index (χ0n) is 8.63. The molecule has 2 aromatic rings. The van der Waals surface area contributed by atoms with Crippen LogP contribution < -0.4 is 0 Å². The number of hydrogen-bond donors (Lipinski definition) is 0. The van der Waals surface area contributed by atoms with Crippen molar-refractivity contribution < 1.29 is 0 Å². The summed E-state index contributed by atoms with van der Waals surface area (Å²) in [6.45, 7) is 0. The molecule has 2 heteroatoms. The Labute approximate surface area is 89.6 Å². The number of rotatable bonds is 3. The highest BCUT2D eigenvalue weighted by Gasteiger charge is 2.23. The van der Waals surface area contributed by atoms with Gasteiger partial charge < -0.3 is 4.57 Å². The molecule has 1 aromatic heterocycles. The third kappa shape index (κ3) is 1.80. The van der Waals surface area contributed by atoms with Crippen LogP contribution in [0.25, 0.3) is 5.69 Å². The Kier molecular flexibility index (Phi) is 2.05. The number of nitrogens with zero attached hydrogens (tertiary/aromatic N) is 2. The summed E-state index contributed by atoms with van der Waals surface area (Å²) in [5.41, 5.74) is 1.21. The van der Waals surface area contributed by atoms with Crippen LogP contribution in [0.1, 0.15) is 18.7 Å². The summed E-state index contributed by atoms with van der Waals surface area (Å²) >= 11 is 0. The molecule has 0 amide bonds. The third-order valence-corrected chi connectivity index (χ3v) is 2.92. The summed E-state index contributed by atoms with van der Waals surface area (Å²) in [7, 11) is 0. The van der Waals surface area contributed by atoms with Crippen molar-refractivity contribution in [2.75, 3.05) is 0 Å². The SMILES string of the molecule is c1ccc(-n2ccnc2CC2CC2)cc1. The van der Waals surface area contributed by atoms with Crippen LogP contribution in [0.5, 0.6) is 0 Å². The molecule has 0 saturated heterocycles. The molecule has 1 aromatic carbocycles. The first-order chi connectivity index (χ1) is 7.43. The molecule has 1 aliphatic rings. The van der Waals surface area contributed by atoms with Crippen LogP contribution in [0.15, 0.2) is 42.7 Å². The molecular formula is C13H14N2. The highest BCUT2D eigenvalue weighted by Crippen LogP contribution is 2.32. The first-order valence-electron chi connectivity index (χ1n) is 5.51. The van der Waals surface area contributed by atoms with E-state index >= 15 is 0 Å². The minimum absolute atomic E-state index is 0.884. The van der Waals surface area contributed by atoms with Gasteiger partial charge in [0.05, 0.1) is 0 Å². The fourth-order valence-electron chi connectivity index (χ4n) is 1.89. The van der Waals surface area contributed by atoms with Crippen LogP contribution in [0.2, 0.25) is 0 Å². The number of aromatic nitrogens is 2. The smallest absolute Gasteiger partial charge is 0.113 e. The van der Waals surface area contributed by atoms with Crippen LogP contribution in [0, 0.1) is 5.92 Å². The zero-order chi connectivity index (χ0) is 10.1. The second kappa shape index (κ2) is 3.54. The fourth-order valence-corrected chi connectivity index (χ4v) is 1.89. The van der Waals surface area contributed by atoms with Crippen molar-refractivity contribution in [1.82, 2.24) is 9.55 Å². The first kappa shape index (κ1) is 8.72. The Hall–Kier alpha value is -1.57. The van der Waals surface area contributed by atoms with Gasteiger partial charge in [0, 0.05) is 24.5 Å². The third-order valence-electron chi connectivity index (χ3n) is 2.92. The summed E-state index contributed by atoms with van der Waals surface area (Å²) in [5.74, 6) is 2.08. The van der Waals surface area contributed by atoms with Crippen molar-refractivity contribution in [3.63, 3.8) is 0 Å². The van der Waals surface area contributed by atoms with E-state index in [1.54, 1.807) is 0 Å². The number of benzene rings is 1. The van der Waals surface area contributed by atoms with E-state index in [4.69, 9.17) is 0 Å². The van der Waals surface area contributed by atoms with Gasteiger partial charge in [-0.2, -0.15) is 0 Å². The largest absolute Gasteiger partial charge is 0.304 e. The predicted octanol–water partition coefficient (Wildman–Crippen LogP) is 2.82. The van der Waals surface area contributed by atoms with E-state index in [1.807, 2.05) is 18.5 Å². The Bertz CT molecular complexity index is 441. The summed E-state index contributed by atoms with van der Waals surface area (Å²) in [6.07, 6.45) is 7.82. The van der Waals surface area contributed by atoms with Gasteiger partial charge in [-0.3, -0.25) is 0 Å². The molecule has 0 atom stereocenters. The molecule has 3 rings (SSSR count). The lowest BCUT2D eigenvalue weighted by Gasteiger charge is -2.06. The van der Waals surface area contributed by atoms with Crippen LogP contribution in [0.3, 0.4) is 0 Å². The maximum Gasteiger partial charge on any atom is 0.113 e. The summed E-state index contributed by atoms with van der Waals surface area (Å²) in [5, 5.41) is 0.